The summed E-state index contributed by atoms with van der Waals surface area (Å²) in [5.74, 6) is -0.0574. The predicted molar refractivity (Wildman–Crippen MR) is 77.1 cm³/mol. The van der Waals surface area contributed by atoms with E-state index in [0.717, 1.165) is 10.9 Å². The fourth-order valence-electron chi connectivity index (χ4n) is 1.94. The van der Waals surface area contributed by atoms with Crippen molar-refractivity contribution in [2.24, 2.45) is 0 Å². The standard InChI is InChI=1S/C15H10O4S/c1-9(16)18-12-3-2-10-6-13(11-4-5-20-8-11)15(17)19-14(10)7-12/h2-8H,1H3. The van der Waals surface area contributed by atoms with Gasteiger partial charge in [0.25, 0.3) is 0 Å². The summed E-state index contributed by atoms with van der Waals surface area (Å²) in [4.78, 5) is 22.9. The van der Waals surface area contributed by atoms with Gasteiger partial charge in [-0.25, -0.2) is 4.79 Å². The van der Waals surface area contributed by atoms with Gasteiger partial charge in [-0.2, -0.15) is 11.3 Å². The van der Waals surface area contributed by atoms with Crippen molar-refractivity contribution in [1.29, 1.82) is 0 Å². The van der Waals surface area contributed by atoms with E-state index in [4.69, 9.17) is 9.15 Å². The molecule has 100 valence electrons. The number of thiophene rings is 1. The molecule has 0 aliphatic rings. The normalized spacial score (nSPS) is 10.7. The molecule has 3 rings (SSSR count). The summed E-state index contributed by atoms with van der Waals surface area (Å²) in [6, 6.07) is 8.61. The first-order chi connectivity index (χ1) is 9.63. The van der Waals surface area contributed by atoms with Crippen molar-refractivity contribution in [2.45, 2.75) is 6.92 Å². The number of carbonyl (C=O) groups excluding carboxylic acids is 1. The molecule has 0 radical (unpaired) electrons. The number of benzene rings is 1. The molecule has 0 N–H and O–H groups in total. The van der Waals surface area contributed by atoms with Crippen molar-refractivity contribution >= 4 is 28.3 Å². The molecule has 0 aliphatic carbocycles. The second kappa shape index (κ2) is 4.94. The Labute approximate surface area is 118 Å². The monoisotopic (exact) mass is 286 g/mol. The lowest BCUT2D eigenvalue weighted by atomic mass is 10.1. The Morgan fingerprint density at radius 2 is 2.10 bits per heavy atom. The second-order valence-corrected chi connectivity index (χ2v) is 5.03. The highest BCUT2D eigenvalue weighted by molar-refractivity contribution is 7.08. The first-order valence-corrected chi connectivity index (χ1v) is 6.87. The van der Waals surface area contributed by atoms with Crippen molar-refractivity contribution in [3.8, 4) is 16.9 Å². The number of fused-ring (bicyclic) bond motifs is 1. The largest absolute Gasteiger partial charge is 0.427 e. The van der Waals surface area contributed by atoms with E-state index in [0.29, 0.717) is 16.9 Å². The minimum atomic E-state index is -0.415. The van der Waals surface area contributed by atoms with Crippen LogP contribution in [0.3, 0.4) is 0 Å². The first kappa shape index (κ1) is 12.6. The van der Waals surface area contributed by atoms with Gasteiger partial charge < -0.3 is 9.15 Å². The summed E-state index contributed by atoms with van der Waals surface area (Å²) in [6.45, 7) is 1.32. The van der Waals surface area contributed by atoms with Gasteiger partial charge in [0.2, 0.25) is 0 Å². The van der Waals surface area contributed by atoms with Crippen LogP contribution in [0, 0.1) is 0 Å². The van der Waals surface area contributed by atoms with E-state index in [1.807, 2.05) is 16.8 Å². The van der Waals surface area contributed by atoms with Crippen molar-refractivity contribution < 1.29 is 13.9 Å². The minimum Gasteiger partial charge on any atom is -0.427 e. The van der Waals surface area contributed by atoms with Gasteiger partial charge in [0.15, 0.2) is 0 Å². The Balaban J connectivity index is 2.14. The van der Waals surface area contributed by atoms with E-state index in [1.165, 1.54) is 24.3 Å². The summed E-state index contributed by atoms with van der Waals surface area (Å²) >= 11 is 1.52. The molecule has 5 heteroatoms. The lowest BCUT2D eigenvalue weighted by molar-refractivity contribution is -0.131. The second-order valence-electron chi connectivity index (χ2n) is 4.25. The number of rotatable bonds is 2. The summed E-state index contributed by atoms with van der Waals surface area (Å²) in [5.41, 5.74) is 1.36. The zero-order chi connectivity index (χ0) is 14.1. The molecule has 0 fully saturated rings. The van der Waals surface area contributed by atoms with Gasteiger partial charge >= 0.3 is 11.6 Å². The summed E-state index contributed by atoms with van der Waals surface area (Å²) in [5, 5.41) is 4.58. The van der Waals surface area contributed by atoms with Gasteiger partial charge in [0.05, 0.1) is 5.56 Å². The number of hydrogen-bond acceptors (Lipinski definition) is 5. The Morgan fingerprint density at radius 3 is 2.80 bits per heavy atom. The number of carbonyl (C=O) groups is 1. The fourth-order valence-corrected chi connectivity index (χ4v) is 2.60. The summed E-state index contributed by atoms with van der Waals surface area (Å²) in [6.07, 6.45) is 0. The smallest absolute Gasteiger partial charge is 0.344 e. The maximum Gasteiger partial charge on any atom is 0.344 e. The summed E-state index contributed by atoms with van der Waals surface area (Å²) < 4.78 is 10.3. The SMILES string of the molecule is CC(=O)Oc1ccc2cc(-c3ccsc3)c(=O)oc2c1. The molecule has 0 aliphatic heterocycles. The minimum absolute atomic E-state index is 0.358. The maximum atomic E-state index is 12.0. The number of esters is 1. The van der Waals surface area contributed by atoms with Crippen LogP contribution in [0.5, 0.6) is 5.75 Å². The van der Waals surface area contributed by atoms with E-state index in [1.54, 1.807) is 18.2 Å². The lowest BCUT2D eigenvalue weighted by Gasteiger charge is -2.04. The van der Waals surface area contributed by atoms with Crippen LogP contribution in [0.1, 0.15) is 6.92 Å². The van der Waals surface area contributed by atoms with Gasteiger partial charge in [0, 0.05) is 18.4 Å². The third kappa shape index (κ3) is 2.35. The third-order valence-corrected chi connectivity index (χ3v) is 3.48. The topological polar surface area (TPSA) is 56.5 Å². The Bertz CT molecular complexity index is 831. The van der Waals surface area contributed by atoms with Crippen LogP contribution in [-0.4, -0.2) is 5.97 Å². The van der Waals surface area contributed by atoms with Gasteiger partial charge in [-0.3, -0.25) is 4.79 Å². The van der Waals surface area contributed by atoms with Gasteiger partial charge in [-0.1, -0.05) is 0 Å². The molecule has 0 saturated heterocycles. The van der Waals surface area contributed by atoms with Crippen LogP contribution >= 0.6 is 11.3 Å². The molecule has 0 saturated carbocycles. The zero-order valence-electron chi connectivity index (χ0n) is 10.6. The molecular formula is C15H10O4S. The molecule has 2 aromatic heterocycles. The molecule has 1 aromatic carbocycles. The Hall–Kier alpha value is -2.40. The van der Waals surface area contributed by atoms with E-state index in [2.05, 4.69) is 0 Å². The molecule has 0 unspecified atom stereocenters. The van der Waals surface area contributed by atoms with Crippen LogP contribution < -0.4 is 10.4 Å². The van der Waals surface area contributed by atoms with Gasteiger partial charge in [-0.05, 0) is 40.6 Å². The van der Waals surface area contributed by atoms with Crippen LogP contribution in [0.2, 0.25) is 0 Å². The molecule has 20 heavy (non-hydrogen) atoms. The van der Waals surface area contributed by atoms with Crippen molar-refractivity contribution in [3.63, 3.8) is 0 Å². The molecule has 3 aromatic rings. The highest BCUT2D eigenvalue weighted by Gasteiger charge is 2.09. The fraction of sp³-hybridized carbons (Fsp3) is 0.0667. The van der Waals surface area contributed by atoms with Crippen LogP contribution in [0.25, 0.3) is 22.1 Å². The van der Waals surface area contributed by atoms with Crippen molar-refractivity contribution in [3.05, 3.63) is 51.5 Å². The highest BCUT2D eigenvalue weighted by Crippen LogP contribution is 2.25. The lowest BCUT2D eigenvalue weighted by Crippen LogP contribution is -2.03. The van der Waals surface area contributed by atoms with E-state index in [-0.39, 0.29) is 0 Å². The number of hydrogen-bond donors (Lipinski definition) is 0. The zero-order valence-corrected chi connectivity index (χ0v) is 11.4. The molecule has 2 heterocycles. The molecule has 0 spiro atoms. The Morgan fingerprint density at radius 1 is 1.25 bits per heavy atom. The van der Waals surface area contributed by atoms with Crippen LogP contribution in [-0.2, 0) is 4.79 Å². The molecule has 0 amide bonds. The Kier molecular flexibility index (Phi) is 3.12. The summed E-state index contributed by atoms with van der Waals surface area (Å²) in [7, 11) is 0. The first-order valence-electron chi connectivity index (χ1n) is 5.92. The van der Waals surface area contributed by atoms with Crippen LogP contribution in [0.15, 0.2) is 50.3 Å². The van der Waals surface area contributed by atoms with Gasteiger partial charge in [0.1, 0.15) is 11.3 Å². The molecule has 0 bridgehead atoms. The average molecular weight is 286 g/mol. The average Bonchev–Trinajstić information content (AvgIpc) is 2.90. The highest BCUT2D eigenvalue weighted by atomic mass is 32.1. The van der Waals surface area contributed by atoms with Gasteiger partial charge in [-0.15, -0.1) is 0 Å². The third-order valence-electron chi connectivity index (χ3n) is 2.80. The molecule has 4 nitrogen and oxygen atoms in total. The molecular weight excluding hydrogens is 276 g/mol. The number of ether oxygens (including phenoxy) is 1. The van der Waals surface area contributed by atoms with E-state index < -0.39 is 11.6 Å². The van der Waals surface area contributed by atoms with Crippen LogP contribution in [0.4, 0.5) is 0 Å². The quantitative estimate of drug-likeness (QED) is 0.411. The van der Waals surface area contributed by atoms with Crippen molar-refractivity contribution in [1.82, 2.24) is 0 Å². The maximum absolute atomic E-state index is 12.0. The molecule has 0 atom stereocenters. The predicted octanol–water partition coefficient (Wildman–Crippen LogP) is 3.45. The van der Waals surface area contributed by atoms with E-state index in [9.17, 15) is 9.59 Å². The van der Waals surface area contributed by atoms with E-state index >= 15 is 0 Å². The van der Waals surface area contributed by atoms with Crippen molar-refractivity contribution in [2.75, 3.05) is 0 Å².